The number of ether oxygens (including phenoxy) is 1. The number of hydrogen-bond acceptors (Lipinski definition) is 9. The molecule has 2 heterocycles. The Bertz CT molecular complexity index is 1640. The molecule has 1 aromatic heterocycles. The third-order valence-corrected chi connectivity index (χ3v) is 7.70. The first-order chi connectivity index (χ1) is 18.9. The summed E-state index contributed by atoms with van der Waals surface area (Å²) in [6.45, 7) is 1.99. The van der Waals surface area contributed by atoms with Crippen molar-refractivity contribution < 1.29 is 19.4 Å². The number of aromatic nitrogens is 1. The van der Waals surface area contributed by atoms with Gasteiger partial charge in [-0.05, 0) is 61.4 Å². The lowest BCUT2D eigenvalue weighted by molar-refractivity contribution is -0.137. The Hall–Kier alpha value is -4.02. The minimum absolute atomic E-state index is 0.0114. The molecule has 2 aromatic carbocycles. The second-order valence-corrected chi connectivity index (χ2v) is 10.5. The molecule has 39 heavy (non-hydrogen) atoms. The molecule has 5 rings (SSSR count). The van der Waals surface area contributed by atoms with E-state index in [1.165, 1.54) is 17.5 Å². The van der Waals surface area contributed by atoms with Crippen LogP contribution in [0, 0.1) is 5.92 Å². The molecule has 2 aliphatic rings. The SMILES string of the molecule is CCOC(=O)C1=CN=c2ccc(=Cc3sc(Nc4cc(NC(=O)C5CCC5)ccc4Cl)nc3O)cc2C1=NC. The molecular weight excluding hydrogens is 538 g/mol. The maximum absolute atomic E-state index is 12.4. The van der Waals surface area contributed by atoms with Gasteiger partial charge in [0.15, 0.2) is 5.13 Å². The summed E-state index contributed by atoms with van der Waals surface area (Å²) in [7, 11) is 1.61. The van der Waals surface area contributed by atoms with Crippen LogP contribution in [0.5, 0.6) is 5.88 Å². The first kappa shape index (κ1) is 26.6. The van der Waals surface area contributed by atoms with Gasteiger partial charge in [0.05, 0.1) is 33.3 Å². The summed E-state index contributed by atoms with van der Waals surface area (Å²) >= 11 is 7.62. The fourth-order valence-electron chi connectivity index (χ4n) is 4.24. The molecule has 1 aliphatic heterocycles. The Morgan fingerprint density at radius 2 is 2.08 bits per heavy atom. The molecule has 11 heteroatoms. The first-order valence-corrected chi connectivity index (χ1v) is 13.7. The van der Waals surface area contributed by atoms with Crippen molar-refractivity contribution in [1.29, 1.82) is 0 Å². The Morgan fingerprint density at radius 1 is 1.26 bits per heavy atom. The Labute approximate surface area is 233 Å². The molecule has 3 N–H and O–H groups in total. The summed E-state index contributed by atoms with van der Waals surface area (Å²) in [6.07, 6.45) is 6.16. The molecule has 1 aliphatic carbocycles. The summed E-state index contributed by atoms with van der Waals surface area (Å²) in [5, 5.41) is 18.9. The van der Waals surface area contributed by atoms with Crippen LogP contribution in [-0.2, 0) is 14.3 Å². The van der Waals surface area contributed by atoms with Crippen LogP contribution in [0.1, 0.15) is 36.6 Å². The summed E-state index contributed by atoms with van der Waals surface area (Å²) in [5.74, 6) is -0.553. The number of nitrogens with zero attached hydrogens (tertiary/aromatic N) is 3. The highest BCUT2D eigenvalue weighted by molar-refractivity contribution is 7.16. The van der Waals surface area contributed by atoms with Crippen molar-refractivity contribution in [3.63, 3.8) is 0 Å². The zero-order valence-corrected chi connectivity index (χ0v) is 22.9. The maximum Gasteiger partial charge on any atom is 0.341 e. The number of anilines is 3. The van der Waals surface area contributed by atoms with Gasteiger partial charge >= 0.3 is 5.97 Å². The van der Waals surface area contributed by atoms with Crippen molar-refractivity contribution in [2.24, 2.45) is 15.9 Å². The summed E-state index contributed by atoms with van der Waals surface area (Å²) in [5.41, 5.74) is 2.66. The normalized spacial score (nSPS) is 16.1. The predicted octanol–water partition coefficient (Wildman–Crippen LogP) is 4.31. The maximum atomic E-state index is 12.4. The number of carbonyl (C=O) groups is 2. The average Bonchev–Trinajstić information content (AvgIpc) is 3.22. The molecule has 1 fully saturated rings. The fraction of sp³-hybridized carbons (Fsp3) is 0.250. The number of hydrogen-bond donors (Lipinski definition) is 3. The molecule has 1 saturated carbocycles. The zero-order valence-electron chi connectivity index (χ0n) is 21.3. The number of halogens is 1. The van der Waals surface area contributed by atoms with Crippen molar-refractivity contribution >= 4 is 63.1 Å². The number of rotatable bonds is 7. The number of carbonyl (C=O) groups excluding carboxylic acids is 2. The lowest BCUT2D eigenvalue weighted by Crippen LogP contribution is -2.28. The van der Waals surface area contributed by atoms with Crippen LogP contribution >= 0.6 is 22.9 Å². The second-order valence-electron chi connectivity index (χ2n) is 9.03. The third kappa shape index (κ3) is 5.71. The Balaban J connectivity index is 1.39. The van der Waals surface area contributed by atoms with Crippen LogP contribution in [0.2, 0.25) is 5.02 Å². The van der Waals surface area contributed by atoms with Crippen molar-refractivity contribution in [3.8, 4) is 5.88 Å². The average molecular weight is 564 g/mol. The lowest BCUT2D eigenvalue weighted by atomic mass is 9.85. The zero-order chi connectivity index (χ0) is 27.5. The van der Waals surface area contributed by atoms with Gasteiger partial charge in [-0.2, -0.15) is 4.98 Å². The number of fused-ring (bicyclic) bond motifs is 1. The van der Waals surface area contributed by atoms with Crippen LogP contribution in [0.3, 0.4) is 0 Å². The minimum Gasteiger partial charge on any atom is -0.492 e. The van der Waals surface area contributed by atoms with Gasteiger partial charge in [-0.3, -0.25) is 14.8 Å². The van der Waals surface area contributed by atoms with Crippen molar-refractivity contribution in [1.82, 2.24) is 4.98 Å². The largest absolute Gasteiger partial charge is 0.492 e. The number of nitrogens with one attached hydrogen (secondary N) is 2. The van der Waals surface area contributed by atoms with Gasteiger partial charge in [0.1, 0.15) is 5.57 Å². The highest BCUT2D eigenvalue weighted by Crippen LogP contribution is 2.35. The van der Waals surface area contributed by atoms with Crippen LogP contribution in [0.4, 0.5) is 16.5 Å². The van der Waals surface area contributed by atoms with Crippen LogP contribution < -0.4 is 21.2 Å². The molecule has 3 aromatic rings. The molecule has 0 spiro atoms. The fourth-order valence-corrected chi connectivity index (χ4v) is 5.23. The van der Waals surface area contributed by atoms with Gasteiger partial charge in [0.25, 0.3) is 0 Å². The Kier molecular flexibility index (Phi) is 7.76. The van der Waals surface area contributed by atoms with E-state index in [9.17, 15) is 14.7 Å². The van der Waals surface area contributed by atoms with Gasteiger partial charge in [-0.15, -0.1) is 0 Å². The van der Waals surface area contributed by atoms with E-state index in [2.05, 4.69) is 25.6 Å². The molecule has 0 bridgehead atoms. The van der Waals surface area contributed by atoms with Gasteiger partial charge < -0.3 is 20.5 Å². The first-order valence-electron chi connectivity index (χ1n) is 12.5. The summed E-state index contributed by atoms with van der Waals surface area (Å²) < 4.78 is 5.14. The molecular formula is C28H26ClN5O4S. The summed E-state index contributed by atoms with van der Waals surface area (Å²) in [4.78, 5) is 38.1. The molecule has 0 atom stereocenters. The molecule has 9 nitrogen and oxygen atoms in total. The number of benzene rings is 2. The number of amides is 1. The number of aliphatic imine (C=N–C) groups is 1. The van der Waals surface area contributed by atoms with Gasteiger partial charge in [-0.25, -0.2) is 4.79 Å². The van der Waals surface area contributed by atoms with E-state index in [0.717, 1.165) is 24.5 Å². The quantitative estimate of drug-likeness (QED) is 0.368. The molecule has 0 saturated heterocycles. The Morgan fingerprint density at radius 3 is 2.79 bits per heavy atom. The number of esters is 1. The molecule has 0 radical (unpaired) electrons. The van der Waals surface area contributed by atoms with E-state index in [4.69, 9.17) is 16.3 Å². The molecule has 0 unspecified atom stereocenters. The molecule has 200 valence electrons. The van der Waals surface area contributed by atoms with Gasteiger partial charge in [0.2, 0.25) is 11.8 Å². The highest BCUT2D eigenvalue weighted by atomic mass is 35.5. The standard InChI is InChI=1S/C28H26ClN5O4S/c1-3-38-27(37)19-14-31-21-10-7-15(11-18(21)24(19)30-2)12-23-26(36)34-28(39-23)33-22-13-17(8-9-20(22)29)32-25(35)16-5-4-6-16/h7-14,16,36H,3-6H2,1-2H3,(H,32,35)(H,33,34). The monoisotopic (exact) mass is 563 g/mol. The predicted molar refractivity (Wildman–Crippen MR) is 152 cm³/mol. The number of thiazole rings is 1. The topological polar surface area (TPSA) is 125 Å². The van der Waals surface area contributed by atoms with E-state index in [-0.39, 0.29) is 24.3 Å². The number of aromatic hydroxyl groups is 1. The lowest BCUT2D eigenvalue weighted by Gasteiger charge is -2.24. The second kappa shape index (κ2) is 11.4. The van der Waals surface area contributed by atoms with Crippen molar-refractivity contribution in [2.75, 3.05) is 24.3 Å². The van der Waals surface area contributed by atoms with E-state index in [0.29, 0.717) is 48.6 Å². The van der Waals surface area contributed by atoms with Crippen LogP contribution in [0.25, 0.3) is 6.08 Å². The minimum atomic E-state index is -0.483. The van der Waals surface area contributed by atoms with Crippen molar-refractivity contribution in [3.05, 3.63) is 74.2 Å². The molecule has 1 amide bonds. The van der Waals surface area contributed by atoms with E-state index in [1.54, 1.807) is 38.2 Å². The van der Waals surface area contributed by atoms with Gasteiger partial charge in [-0.1, -0.05) is 35.4 Å². The van der Waals surface area contributed by atoms with Crippen LogP contribution in [-0.4, -0.2) is 41.3 Å². The van der Waals surface area contributed by atoms with E-state index < -0.39 is 5.97 Å². The van der Waals surface area contributed by atoms with E-state index >= 15 is 0 Å². The van der Waals surface area contributed by atoms with Gasteiger partial charge in [0, 0.05) is 30.4 Å². The third-order valence-electron chi connectivity index (χ3n) is 6.47. The van der Waals surface area contributed by atoms with Crippen LogP contribution in [0.15, 0.2) is 58.2 Å². The summed E-state index contributed by atoms with van der Waals surface area (Å²) in [6, 6.07) is 10.7. The smallest absolute Gasteiger partial charge is 0.341 e. The van der Waals surface area contributed by atoms with Crippen molar-refractivity contribution in [2.45, 2.75) is 26.2 Å². The van der Waals surface area contributed by atoms with E-state index in [1.807, 2.05) is 18.2 Å². The highest BCUT2D eigenvalue weighted by Gasteiger charge is 2.25.